The number of benzene rings is 2. The Hall–Kier alpha value is -4.50. The molecule has 2 atom stereocenters. The van der Waals surface area contributed by atoms with Crippen LogP contribution < -0.4 is 4.57 Å². The molecule has 15 heteroatoms. The summed E-state index contributed by atoms with van der Waals surface area (Å²) < 4.78 is 40.1. The molecular weight excluding hydrogens is 671 g/mol. The minimum Gasteiger partial charge on any atom is -0.639 e. The molecular formula is C32H33MnN4O9S-. The van der Waals surface area contributed by atoms with Gasteiger partial charge in [-0.1, -0.05) is 42.5 Å². The van der Waals surface area contributed by atoms with Crippen LogP contribution in [-0.4, -0.2) is 81.2 Å². The number of aliphatic carboxylic acids is 1. The maximum absolute atomic E-state index is 12.7. The number of phenols is 2. The van der Waals surface area contributed by atoms with Crippen molar-refractivity contribution in [2.75, 3.05) is 26.2 Å². The third kappa shape index (κ3) is 9.29. The fourth-order valence-corrected chi connectivity index (χ4v) is 5.75. The fourth-order valence-electron chi connectivity index (χ4n) is 5.23. The van der Waals surface area contributed by atoms with Gasteiger partial charge in [0.25, 0.3) is 16.1 Å². The first-order valence-corrected chi connectivity index (χ1v) is 15.3. The molecule has 0 aliphatic heterocycles. The van der Waals surface area contributed by atoms with Gasteiger partial charge in [-0.05, 0) is 36.4 Å². The molecule has 0 spiro atoms. The fraction of sp³-hybridized carbons (Fsp3) is 0.188. The molecule has 47 heavy (non-hydrogen) atoms. The molecule has 4 rings (SSSR count). The molecule has 2 aromatic carbocycles. The van der Waals surface area contributed by atoms with Gasteiger partial charge in [0.15, 0.2) is 0 Å². The predicted molar refractivity (Wildman–Crippen MR) is 164 cm³/mol. The molecule has 0 aliphatic rings. The van der Waals surface area contributed by atoms with Crippen molar-refractivity contribution in [3.8, 4) is 11.5 Å². The molecule has 2 heterocycles. The zero-order chi connectivity index (χ0) is 33.4. The van der Waals surface area contributed by atoms with Gasteiger partial charge < -0.3 is 24.6 Å². The number of esters is 1. The van der Waals surface area contributed by atoms with Crippen molar-refractivity contribution in [1.29, 1.82) is 0 Å². The standard InChI is InChI=1S/C32H33N4O9S.Mn/c1-34-16-8-6-11-26(34)32(23-9-3-4-12-27(23)37)35(20-29(39)40)17-18-36(21-30(41)45-2)31(25-10-5-7-15-33-25)24-19-22(46(42,43)44)13-14-28(24)38;/h3-16,19,31-32,37-38H,1-2,17-18,20-21H2,(H,39,40)(H,42,43,44);/q-1;/t31-,32?;/m0./s1. The second-order valence-corrected chi connectivity index (χ2v) is 11.7. The van der Waals surface area contributed by atoms with Gasteiger partial charge in [0.1, 0.15) is 17.2 Å². The van der Waals surface area contributed by atoms with Crippen molar-refractivity contribution in [3.63, 3.8) is 0 Å². The molecule has 2 aromatic heterocycles. The molecule has 0 saturated heterocycles. The molecule has 4 aromatic rings. The first kappa shape index (κ1) is 37.0. The number of pyridine rings is 2. The van der Waals surface area contributed by atoms with Crippen LogP contribution in [0.15, 0.2) is 96.2 Å². The number of aromatic nitrogens is 2. The second-order valence-electron chi connectivity index (χ2n) is 10.3. The quantitative estimate of drug-likeness (QED) is 0.0496. The van der Waals surface area contributed by atoms with E-state index in [0.717, 1.165) is 18.2 Å². The minimum absolute atomic E-state index is 0. The van der Waals surface area contributed by atoms with E-state index < -0.39 is 52.1 Å². The number of hydrogen-bond donors (Lipinski definition) is 4. The van der Waals surface area contributed by atoms with E-state index in [1.54, 1.807) is 70.3 Å². The second kappa shape index (κ2) is 16.4. The SMILES string of the molecule is [CH2-]OC(=O)CN(CCN(CC(=O)O)C(c1ccccc1O)c1cccc[n+]1[CH2-])[C@H](c1ccccn1)c1cc(S(=O)(=O)O)ccc1O.[Mn]. The summed E-state index contributed by atoms with van der Waals surface area (Å²) in [5.74, 6) is -2.39. The topological polar surface area (TPSA) is 182 Å². The number of para-hydroxylation sites is 1. The summed E-state index contributed by atoms with van der Waals surface area (Å²) in [5.41, 5.74) is 1.24. The van der Waals surface area contributed by atoms with Crippen molar-refractivity contribution in [2.45, 2.75) is 17.0 Å². The van der Waals surface area contributed by atoms with Crippen LogP contribution in [-0.2, 0) is 41.5 Å². The number of hydrogen-bond acceptors (Lipinski definition) is 10. The first-order valence-electron chi connectivity index (χ1n) is 13.9. The summed E-state index contributed by atoms with van der Waals surface area (Å²) in [4.78, 5) is 31.9. The van der Waals surface area contributed by atoms with Gasteiger partial charge in [-0.25, -0.2) is 0 Å². The maximum atomic E-state index is 12.7. The van der Waals surface area contributed by atoms with Gasteiger partial charge in [0, 0.05) is 54.5 Å². The van der Waals surface area contributed by atoms with Crippen LogP contribution in [0, 0.1) is 14.2 Å². The summed E-state index contributed by atoms with van der Waals surface area (Å²) in [6, 6.07) is 17.9. The molecule has 0 fully saturated rings. The van der Waals surface area contributed by atoms with Crippen molar-refractivity contribution in [1.82, 2.24) is 14.8 Å². The van der Waals surface area contributed by atoms with Crippen LogP contribution in [0.1, 0.15) is 34.6 Å². The number of carboxylic acid groups (broad SMARTS) is 1. The summed E-state index contributed by atoms with van der Waals surface area (Å²) >= 11 is 0. The molecule has 4 N–H and O–H groups in total. The predicted octanol–water partition coefficient (Wildman–Crippen LogP) is 2.57. The van der Waals surface area contributed by atoms with Crippen molar-refractivity contribution in [2.24, 2.45) is 0 Å². The number of ether oxygens (including phenoxy) is 1. The number of aromatic hydroxyl groups is 2. The molecule has 0 amide bonds. The van der Waals surface area contributed by atoms with E-state index in [-0.39, 0.29) is 47.2 Å². The molecule has 1 radical (unpaired) electrons. The Morgan fingerprint density at radius 2 is 1.51 bits per heavy atom. The average molecular weight is 705 g/mol. The Labute approximate surface area is 282 Å². The van der Waals surface area contributed by atoms with Crippen LogP contribution >= 0.6 is 0 Å². The number of carbonyl (C=O) groups excluding carboxylic acids is 1. The molecule has 0 aliphatic carbocycles. The molecule has 249 valence electrons. The van der Waals surface area contributed by atoms with E-state index in [0.29, 0.717) is 17.0 Å². The Morgan fingerprint density at radius 3 is 2.11 bits per heavy atom. The van der Waals surface area contributed by atoms with Crippen LogP contribution in [0.25, 0.3) is 0 Å². The van der Waals surface area contributed by atoms with Gasteiger partial charge in [-0.15, -0.1) is 0 Å². The van der Waals surface area contributed by atoms with Crippen LogP contribution in [0.4, 0.5) is 0 Å². The zero-order valence-corrected chi connectivity index (χ0v) is 27.0. The smallest absolute Gasteiger partial charge is 0.317 e. The Balaban J connectivity index is 0.00000600. The first-order chi connectivity index (χ1) is 21.9. The normalized spacial score (nSPS) is 12.7. The van der Waals surface area contributed by atoms with Crippen molar-refractivity contribution in [3.05, 3.63) is 128 Å². The van der Waals surface area contributed by atoms with Gasteiger partial charge in [-0.2, -0.15) is 15.5 Å². The van der Waals surface area contributed by atoms with E-state index in [4.69, 9.17) is 4.74 Å². The van der Waals surface area contributed by atoms with Crippen molar-refractivity contribution >= 4 is 22.1 Å². The number of rotatable bonds is 14. The summed E-state index contributed by atoms with van der Waals surface area (Å²) in [6.07, 6.45) is 3.15. The molecule has 13 nitrogen and oxygen atoms in total. The van der Waals surface area contributed by atoms with Gasteiger partial charge >= 0.3 is 5.97 Å². The van der Waals surface area contributed by atoms with Gasteiger partial charge in [-0.3, -0.25) is 28.9 Å². The van der Waals surface area contributed by atoms with E-state index in [2.05, 4.69) is 19.1 Å². The summed E-state index contributed by atoms with van der Waals surface area (Å²) in [7, 11) is 2.53. The number of nitrogens with zero attached hydrogens (tertiary/aromatic N) is 4. The maximum Gasteiger partial charge on any atom is 0.317 e. The molecule has 0 bridgehead atoms. The van der Waals surface area contributed by atoms with Gasteiger partial charge in [0.2, 0.25) is 0 Å². The number of carboxylic acids is 1. The van der Waals surface area contributed by atoms with Crippen molar-refractivity contribution < 1.29 is 64.3 Å². The molecule has 0 saturated carbocycles. The van der Waals surface area contributed by atoms with E-state index >= 15 is 0 Å². The average Bonchev–Trinajstić information content (AvgIpc) is 3.02. The monoisotopic (exact) mass is 704 g/mol. The zero-order valence-electron chi connectivity index (χ0n) is 25.0. The van der Waals surface area contributed by atoms with Gasteiger partial charge in [0.05, 0.1) is 42.0 Å². The summed E-state index contributed by atoms with van der Waals surface area (Å²) in [5, 5.41) is 31.8. The Kier molecular flexibility index (Phi) is 12.9. The summed E-state index contributed by atoms with van der Waals surface area (Å²) in [6.45, 7) is -1.07. The number of carbonyl (C=O) groups is 2. The Bertz CT molecular complexity index is 1750. The van der Waals surface area contributed by atoms with Crippen LogP contribution in [0.2, 0.25) is 0 Å². The van der Waals surface area contributed by atoms with Crippen LogP contribution in [0.3, 0.4) is 0 Å². The molecule has 1 unspecified atom stereocenters. The third-order valence-corrected chi connectivity index (χ3v) is 8.13. The van der Waals surface area contributed by atoms with E-state index in [1.807, 2.05) is 0 Å². The Morgan fingerprint density at radius 1 is 0.872 bits per heavy atom. The van der Waals surface area contributed by atoms with E-state index in [1.165, 1.54) is 17.2 Å². The van der Waals surface area contributed by atoms with Crippen LogP contribution in [0.5, 0.6) is 11.5 Å². The minimum atomic E-state index is -4.69. The largest absolute Gasteiger partial charge is 0.639 e. The third-order valence-electron chi connectivity index (χ3n) is 7.28. The number of phenolic OH excluding ortho intramolecular Hbond substituents is 2. The van der Waals surface area contributed by atoms with E-state index in [9.17, 15) is 37.9 Å².